The molecule has 2 aromatic carbocycles. The van der Waals surface area contributed by atoms with E-state index in [-0.39, 0.29) is 0 Å². The molecular weight excluding hydrogens is 305 g/mol. The standard InChI is InChI=1S/C17H19Cl2NO/c1-3-9-20-11-13-10-12(7-8-16(13)21-2)14-5-4-6-15(18)17(14)19/h4-8,10,20H,3,9,11H2,1-2H3. The van der Waals surface area contributed by atoms with E-state index in [0.717, 1.165) is 42.0 Å². The van der Waals surface area contributed by atoms with Crippen LogP contribution >= 0.6 is 23.2 Å². The van der Waals surface area contributed by atoms with Crippen LogP contribution in [0.3, 0.4) is 0 Å². The van der Waals surface area contributed by atoms with E-state index in [2.05, 4.69) is 18.3 Å². The SMILES string of the molecule is CCCNCc1cc(-c2cccc(Cl)c2Cl)ccc1OC. The van der Waals surface area contributed by atoms with Crippen LogP contribution in [0.2, 0.25) is 10.0 Å². The Morgan fingerprint density at radius 3 is 2.67 bits per heavy atom. The number of halogens is 2. The Bertz CT molecular complexity index is 614. The van der Waals surface area contributed by atoms with Gasteiger partial charge in [0.1, 0.15) is 5.75 Å². The zero-order valence-corrected chi connectivity index (χ0v) is 13.8. The van der Waals surface area contributed by atoms with Gasteiger partial charge in [-0.3, -0.25) is 0 Å². The number of rotatable bonds is 6. The summed E-state index contributed by atoms with van der Waals surface area (Å²) in [5, 5.41) is 4.54. The smallest absolute Gasteiger partial charge is 0.123 e. The van der Waals surface area contributed by atoms with Crippen molar-refractivity contribution in [3.05, 3.63) is 52.0 Å². The van der Waals surface area contributed by atoms with E-state index in [9.17, 15) is 0 Å². The highest BCUT2D eigenvalue weighted by Crippen LogP contribution is 2.35. The number of benzene rings is 2. The predicted molar refractivity (Wildman–Crippen MR) is 90.4 cm³/mol. The van der Waals surface area contributed by atoms with E-state index in [1.54, 1.807) is 13.2 Å². The highest BCUT2D eigenvalue weighted by atomic mass is 35.5. The van der Waals surface area contributed by atoms with Gasteiger partial charge in [-0.15, -0.1) is 0 Å². The molecule has 4 heteroatoms. The van der Waals surface area contributed by atoms with E-state index in [1.165, 1.54) is 0 Å². The lowest BCUT2D eigenvalue weighted by Crippen LogP contribution is -2.14. The first-order valence-corrected chi connectivity index (χ1v) is 7.75. The minimum absolute atomic E-state index is 0.565. The number of hydrogen-bond donors (Lipinski definition) is 1. The summed E-state index contributed by atoms with van der Waals surface area (Å²) < 4.78 is 5.42. The van der Waals surface area contributed by atoms with Crippen LogP contribution in [-0.4, -0.2) is 13.7 Å². The molecule has 112 valence electrons. The van der Waals surface area contributed by atoms with Crippen LogP contribution in [0.5, 0.6) is 5.75 Å². The summed E-state index contributed by atoms with van der Waals surface area (Å²) in [6.07, 6.45) is 1.10. The second kappa shape index (κ2) is 7.69. The van der Waals surface area contributed by atoms with Crippen LogP contribution < -0.4 is 10.1 Å². The number of hydrogen-bond acceptors (Lipinski definition) is 2. The van der Waals surface area contributed by atoms with Crippen molar-refractivity contribution in [2.75, 3.05) is 13.7 Å². The van der Waals surface area contributed by atoms with Crippen LogP contribution in [-0.2, 0) is 6.54 Å². The summed E-state index contributed by atoms with van der Waals surface area (Å²) in [7, 11) is 1.69. The molecular formula is C17H19Cl2NO. The second-order valence-corrected chi connectivity index (χ2v) is 5.59. The van der Waals surface area contributed by atoms with Crippen molar-refractivity contribution in [1.29, 1.82) is 0 Å². The fraction of sp³-hybridized carbons (Fsp3) is 0.294. The van der Waals surface area contributed by atoms with Gasteiger partial charge in [-0.25, -0.2) is 0 Å². The van der Waals surface area contributed by atoms with Crippen molar-refractivity contribution in [1.82, 2.24) is 5.32 Å². The van der Waals surface area contributed by atoms with Crippen LogP contribution in [0.25, 0.3) is 11.1 Å². The van der Waals surface area contributed by atoms with Gasteiger partial charge in [0.05, 0.1) is 17.2 Å². The average molecular weight is 324 g/mol. The van der Waals surface area contributed by atoms with Gasteiger partial charge in [0.25, 0.3) is 0 Å². The molecule has 0 aliphatic carbocycles. The van der Waals surface area contributed by atoms with E-state index >= 15 is 0 Å². The summed E-state index contributed by atoms with van der Waals surface area (Å²) >= 11 is 12.4. The summed E-state index contributed by atoms with van der Waals surface area (Å²) in [6.45, 7) is 3.89. The van der Waals surface area contributed by atoms with Crippen molar-refractivity contribution in [2.45, 2.75) is 19.9 Å². The Labute approximate surface area is 136 Å². The van der Waals surface area contributed by atoms with Crippen molar-refractivity contribution in [2.24, 2.45) is 0 Å². The molecule has 0 unspecified atom stereocenters. The largest absolute Gasteiger partial charge is 0.496 e. The molecule has 0 radical (unpaired) electrons. The number of ether oxygens (including phenoxy) is 1. The van der Waals surface area contributed by atoms with Gasteiger partial charge in [0.2, 0.25) is 0 Å². The first-order chi connectivity index (χ1) is 10.2. The van der Waals surface area contributed by atoms with Crippen molar-refractivity contribution in [3.8, 4) is 16.9 Å². The zero-order valence-electron chi connectivity index (χ0n) is 12.2. The predicted octanol–water partition coefficient (Wildman–Crippen LogP) is 5.17. The highest BCUT2D eigenvalue weighted by molar-refractivity contribution is 6.43. The third kappa shape index (κ3) is 3.91. The lowest BCUT2D eigenvalue weighted by atomic mass is 10.0. The fourth-order valence-electron chi connectivity index (χ4n) is 2.21. The quantitative estimate of drug-likeness (QED) is 0.740. The summed E-state index contributed by atoms with van der Waals surface area (Å²) in [4.78, 5) is 0. The van der Waals surface area contributed by atoms with Crippen LogP contribution in [0.1, 0.15) is 18.9 Å². The number of methoxy groups -OCH3 is 1. The lowest BCUT2D eigenvalue weighted by Gasteiger charge is -2.13. The molecule has 0 aromatic heterocycles. The van der Waals surface area contributed by atoms with E-state index < -0.39 is 0 Å². The zero-order chi connectivity index (χ0) is 15.2. The topological polar surface area (TPSA) is 21.3 Å². The normalized spacial score (nSPS) is 10.7. The molecule has 0 heterocycles. The van der Waals surface area contributed by atoms with E-state index in [1.807, 2.05) is 24.3 Å². The molecule has 0 aliphatic rings. The molecule has 2 rings (SSSR count). The van der Waals surface area contributed by atoms with Crippen molar-refractivity contribution < 1.29 is 4.74 Å². The molecule has 1 N–H and O–H groups in total. The molecule has 2 nitrogen and oxygen atoms in total. The van der Waals surface area contributed by atoms with Gasteiger partial charge in [0.15, 0.2) is 0 Å². The maximum absolute atomic E-state index is 6.30. The fourth-order valence-corrected chi connectivity index (χ4v) is 2.62. The molecule has 0 fully saturated rings. The molecule has 2 aromatic rings. The molecule has 21 heavy (non-hydrogen) atoms. The monoisotopic (exact) mass is 323 g/mol. The molecule has 0 bridgehead atoms. The third-order valence-corrected chi connectivity index (χ3v) is 4.10. The molecule has 0 amide bonds. The Balaban J connectivity index is 2.36. The third-order valence-electron chi connectivity index (χ3n) is 3.29. The number of nitrogens with one attached hydrogen (secondary N) is 1. The maximum Gasteiger partial charge on any atom is 0.123 e. The van der Waals surface area contributed by atoms with Crippen molar-refractivity contribution in [3.63, 3.8) is 0 Å². The molecule has 0 saturated carbocycles. The van der Waals surface area contributed by atoms with Crippen LogP contribution in [0.4, 0.5) is 0 Å². The maximum atomic E-state index is 6.30. The van der Waals surface area contributed by atoms with E-state index in [0.29, 0.717) is 10.0 Å². The van der Waals surface area contributed by atoms with Gasteiger partial charge in [-0.05, 0) is 36.7 Å². The lowest BCUT2D eigenvalue weighted by molar-refractivity contribution is 0.408. The Hall–Kier alpha value is -1.22. The highest BCUT2D eigenvalue weighted by Gasteiger charge is 2.10. The minimum atomic E-state index is 0.565. The molecule has 0 saturated heterocycles. The summed E-state index contributed by atoms with van der Waals surface area (Å²) in [6, 6.07) is 11.7. The van der Waals surface area contributed by atoms with Gasteiger partial charge in [0, 0.05) is 17.7 Å². The van der Waals surface area contributed by atoms with Crippen LogP contribution in [0.15, 0.2) is 36.4 Å². The Morgan fingerprint density at radius 2 is 1.95 bits per heavy atom. The molecule has 0 spiro atoms. The molecule has 0 atom stereocenters. The first-order valence-electron chi connectivity index (χ1n) is 6.99. The minimum Gasteiger partial charge on any atom is -0.496 e. The van der Waals surface area contributed by atoms with Crippen molar-refractivity contribution >= 4 is 23.2 Å². The average Bonchev–Trinajstić information content (AvgIpc) is 2.50. The van der Waals surface area contributed by atoms with Gasteiger partial charge < -0.3 is 10.1 Å². The van der Waals surface area contributed by atoms with Crippen LogP contribution in [0, 0.1) is 0 Å². The molecule has 0 aliphatic heterocycles. The Kier molecular flexibility index (Phi) is 5.92. The van der Waals surface area contributed by atoms with E-state index in [4.69, 9.17) is 27.9 Å². The van der Waals surface area contributed by atoms with Gasteiger partial charge in [-0.2, -0.15) is 0 Å². The first kappa shape index (κ1) is 16.2. The van der Waals surface area contributed by atoms with Gasteiger partial charge >= 0.3 is 0 Å². The summed E-state index contributed by atoms with van der Waals surface area (Å²) in [5.74, 6) is 0.875. The Morgan fingerprint density at radius 1 is 1.14 bits per heavy atom. The summed E-state index contributed by atoms with van der Waals surface area (Å²) in [5.41, 5.74) is 3.08. The van der Waals surface area contributed by atoms with Gasteiger partial charge in [-0.1, -0.05) is 48.3 Å². The second-order valence-electron chi connectivity index (χ2n) is 4.80.